The molecular formula is C18H26FNO3S. The normalized spacial score (nSPS) is 13.8. The van der Waals surface area contributed by atoms with Crippen LogP contribution in [0.1, 0.15) is 50.7 Å². The lowest BCUT2D eigenvalue weighted by molar-refractivity contribution is 0.196. The first-order chi connectivity index (χ1) is 11.3. The summed E-state index contributed by atoms with van der Waals surface area (Å²) in [5.74, 6) is 5.99. The minimum absolute atomic E-state index is 0.00606. The Labute approximate surface area is 144 Å². The van der Waals surface area contributed by atoms with Crippen LogP contribution in [0.4, 0.5) is 4.39 Å². The second kappa shape index (κ2) is 9.77. The zero-order valence-corrected chi connectivity index (χ0v) is 15.1. The molecule has 0 aliphatic rings. The van der Waals surface area contributed by atoms with E-state index >= 15 is 0 Å². The van der Waals surface area contributed by atoms with E-state index in [1.165, 1.54) is 6.92 Å². The summed E-state index contributed by atoms with van der Waals surface area (Å²) in [4.78, 5) is 0. The number of benzene rings is 1. The summed E-state index contributed by atoms with van der Waals surface area (Å²) in [6.45, 7) is 3.00. The maximum atomic E-state index is 14.7. The van der Waals surface area contributed by atoms with E-state index in [0.29, 0.717) is 18.4 Å². The van der Waals surface area contributed by atoms with Crippen molar-refractivity contribution in [2.24, 2.45) is 0 Å². The summed E-state index contributed by atoms with van der Waals surface area (Å²) < 4.78 is 40.3. The van der Waals surface area contributed by atoms with E-state index < -0.39 is 15.7 Å². The molecule has 0 aromatic heterocycles. The molecule has 0 saturated carbocycles. The van der Waals surface area contributed by atoms with Gasteiger partial charge in [0.25, 0.3) is 0 Å². The Morgan fingerprint density at radius 2 is 1.92 bits per heavy atom. The Kier molecular flexibility index (Phi) is 8.40. The zero-order valence-electron chi connectivity index (χ0n) is 14.3. The number of nitrogens with one attached hydrogen (secondary N) is 1. The highest BCUT2D eigenvalue weighted by atomic mass is 32.2. The van der Waals surface area contributed by atoms with E-state index in [1.807, 2.05) is 0 Å². The molecule has 0 fully saturated rings. The van der Waals surface area contributed by atoms with Gasteiger partial charge in [0.1, 0.15) is 5.67 Å². The molecule has 0 radical (unpaired) electrons. The van der Waals surface area contributed by atoms with Gasteiger partial charge in [-0.15, -0.1) is 0 Å². The number of aliphatic hydroxyl groups excluding tert-OH is 1. The predicted octanol–water partition coefficient (Wildman–Crippen LogP) is 2.71. The third kappa shape index (κ3) is 7.43. The topological polar surface area (TPSA) is 66.4 Å². The number of unbranched alkanes of at least 4 members (excludes halogenated alkanes) is 2. The first kappa shape index (κ1) is 20.6. The number of alkyl halides is 1. The molecule has 0 spiro atoms. The lowest BCUT2D eigenvalue weighted by atomic mass is 9.97. The number of hydrogen-bond acceptors (Lipinski definition) is 3. The molecule has 4 nitrogen and oxygen atoms in total. The molecule has 6 heteroatoms. The van der Waals surface area contributed by atoms with Gasteiger partial charge in [-0.25, -0.2) is 17.5 Å². The highest BCUT2D eigenvalue weighted by Crippen LogP contribution is 2.25. The molecule has 0 bridgehead atoms. The van der Waals surface area contributed by atoms with Gasteiger partial charge in [0.2, 0.25) is 10.0 Å². The Hall–Kier alpha value is -1.42. The molecule has 0 saturated heterocycles. The average Bonchev–Trinajstić information content (AvgIpc) is 2.53. The third-order valence-electron chi connectivity index (χ3n) is 3.53. The Morgan fingerprint density at radius 1 is 1.25 bits per heavy atom. The van der Waals surface area contributed by atoms with Gasteiger partial charge in [-0.2, -0.15) is 0 Å². The first-order valence-corrected chi connectivity index (χ1v) is 9.82. The van der Waals surface area contributed by atoms with Gasteiger partial charge >= 0.3 is 0 Å². The van der Waals surface area contributed by atoms with Crippen molar-refractivity contribution in [2.45, 2.75) is 45.2 Å². The van der Waals surface area contributed by atoms with Gasteiger partial charge in [-0.05, 0) is 43.9 Å². The van der Waals surface area contributed by atoms with E-state index in [4.69, 9.17) is 5.11 Å². The fourth-order valence-electron chi connectivity index (χ4n) is 2.08. The molecule has 2 N–H and O–H groups in total. The van der Waals surface area contributed by atoms with E-state index in [2.05, 4.69) is 16.6 Å². The smallest absolute Gasteiger partial charge is 0.211 e. The molecule has 1 aromatic rings. The fourth-order valence-corrected chi connectivity index (χ4v) is 3.25. The highest BCUT2D eigenvalue weighted by Gasteiger charge is 2.27. The van der Waals surface area contributed by atoms with E-state index in [-0.39, 0.29) is 18.9 Å². The molecule has 0 heterocycles. The van der Waals surface area contributed by atoms with Crippen LogP contribution in [0.5, 0.6) is 0 Å². The van der Waals surface area contributed by atoms with Crippen LogP contribution >= 0.6 is 0 Å². The van der Waals surface area contributed by atoms with Crippen molar-refractivity contribution in [3.8, 4) is 11.8 Å². The molecule has 1 aromatic carbocycles. The number of rotatable bonds is 9. The maximum Gasteiger partial charge on any atom is 0.211 e. The predicted molar refractivity (Wildman–Crippen MR) is 94.8 cm³/mol. The molecule has 1 rings (SSSR count). The molecule has 0 aliphatic heterocycles. The lowest BCUT2D eigenvalue weighted by Gasteiger charge is -2.21. The van der Waals surface area contributed by atoms with Crippen molar-refractivity contribution in [2.75, 3.05) is 18.9 Å². The van der Waals surface area contributed by atoms with Crippen LogP contribution in [0.25, 0.3) is 0 Å². The van der Waals surface area contributed by atoms with Crippen molar-refractivity contribution in [3.05, 3.63) is 35.4 Å². The van der Waals surface area contributed by atoms with Crippen molar-refractivity contribution in [1.29, 1.82) is 0 Å². The van der Waals surface area contributed by atoms with Crippen LogP contribution in [0.2, 0.25) is 0 Å². The number of hydrogen-bond donors (Lipinski definition) is 2. The lowest BCUT2D eigenvalue weighted by Crippen LogP contribution is -2.36. The molecule has 0 aliphatic carbocycles. The Balaban J connectivity index is 2.66. The van der Waals surface area contributed by atoms with Crippen LogP contribution in [-0.4, -0.2) is 32.4 Å². The second-order valence-corrected chi connectivity index (χ2v) is 7.82. The van der Waals surface area contributed by atoms with Gasteiger partial charge in [-0.3, -0.25) is 0 Å². The van der Waals surface area contributed by atoms with Crippen LogP contribution < -0.4 is 4.72 Å². The second-order valence-electron chi connectivity index (χ2n) is 5.90. The number of halogens is 1. The minimum Gasteiger partial charge on any atom is -0.396 e. The van der Waals surface area contributed by atoms with Crippen molar-refractivity contribution >= 4 is 10.0 Å². The number of aliphatic hydroxyl groups is 1. The monoisotopic (exact) mass is 355 g/mol. The molecule has 1 atom stereocenters. The van der Waals surface area contributed by atoms with Gasteiger partial charge in [-0.1, -0.05) is 30.9 Å². The summed E-state index contributed by atoms with van der Waals surface area (Å²) >= 11 is 0. The zero-order chi connectivity index (χ0) is 18.1. The standard InChI is InChI=1S/C18H26FNO3S/c1-3-14-24(22,23)20-15-18(2,19)17-11-9-16(10-12-17)8-6-4-5-7-13-21/h9-12,20-21H,3-5,7,13-15H2,1-2H3. The van der Waals surface area contributed by atoms with Crippen molar-refractivity contribution < 1.29 is 17.9 Å². The molecule has 1 unspecified atom stereocenters. The van der Waals surface area contributed by atoms with Crippen LogP contribution in [-0.2, 0) is 15.7 Å². The SMILES string of the molecule is CCCS(=O)(=O)NCC(C)(F)c1ccc(C#CCCCCO)cc1. The van der Waals surface area contributed by atoms with Crippen LogP contribution in [0.3, 0.4) is 0 Å². The summed E-state index contributed by atoms with van der Waals surface area (Å²) in [5, 5.41) is 8.69. The third-order valence-corrected chi connectivity index (χ3v) is 5.06. The molecular weight excluding hydrogens is 329 g/mol. The van der Waals surface area contributed by atoms with E-state index in [9.17, 15) is 12.8 Å². The van der Waals surface area contributed by atoms with Crippen LogP contribution in [0.15, 0.2) is 24.3 Å². The van der Waals surface area contributed by atoms with Crippen molar-refractivity contribution in [1.82, 2.24) is 4.72 Å². The highest BCUT2D eigenvalue weighted by molar-refractivity contribution is 7.89. The minimum atomic E-state index is -3.43. The quantitative estimate of drug-likeness (QED) is 0.529. The van der Waals surface area contributed by atoms with Gasteiger partial charge in [0, 0.05) is 25.1 Å². The van der Waals surface area contributed by atoms with E-state index in [0.717, 1.165) is 18.4 Å². The van der Waals surface area contributed by atoms with Crippen molar-refractivity contribution in [3.63, 3.8) is 0 Å². The largest absolute Gasteiger partial charge is 0.396 e. The summed E-state index contributed by atoms with van der Waals surface area (Å²) in [6, 6.07) is 6.72. The summed E-state index contributed by atoms with van der Waals surface area (Å²) in [6.07, 6.45) is 2.79. The maximum absolute atomic E-state index is 14.7. The molecule has 24 heavy (non-hydrogen) atoms. The van der Waals surface area contributed by atoms with Gasteiger partial charge in [0.05, 0.1) is 5.75 Å². The van der Waals surface area contributed by atoms with E-state index in [1.54, 1.807) is 31.2 Å². The van der Waals surface area contributed by atoms with Crippen LogP contribution in [0, 0.1) is 11.8 Å². The first-order valence-electron chi connectivity index (χ1n) is 8.17. The van der Waals surface area contributed by atoms with Gasteiger partial charge < -0.3 is 5.11 Å². The molecule has 0 amide bonds. The number of sulfonamides is 1. The Bertz CT molecular complexity index is 658. The Morgan fingerprint density at radius 3 is 2.50 bits per heavy atom. The summed E-state index contributed by atoms with van der Waals surface area (Å²) in [5.41, 5.74) is -0.592. The molecule has 134 valence electrons. The van der Waals surface area contributed by atoms with Gasteiger partial charge in [0.15, 0.2) is 0 Å². The average molecular weight is 355 g/mol. The fraction of sp³-hybridized carbons (Fsp3) is 0.556. The summed E-state index contributed by atoms with van der Waals surface area (Å²) in [7, 11) is -3.43.